The smallest absolute Gasteiger partial charge is 0.343 e. The van der Waals surface area contributed by atoms with Gasteiger partial charge in [0.05, 0.1) is 13.2 Å². The van der Waals surface area contributed by atoms with E-state index in [-0.39, 0.29) is 18.1 Å². The van der Waals surface area contributed by atoms with Gasteiger partial charge >= 0.3 is 5.69 Å². The van der Waals surface area contributed by atoms with Gasteiger partial charge in [0.2, 0.25) is 0 Å². The van der Waals surface area contributed by atoms with Crippen molar-refractivity contribution in [2.75, 3.05) is 20.3 Å². The number of thiophene rings is 1. The van der Waals surface area contributed by atoms with E-state index in [4.69, 9.17) is 9.47 Å². The minimum absolute atomic E-state index is 0. The van der Waals surface area contributed by atoms with E-state index in [9.17, 15) is 4.79 Å². The van der Waals surface area contributed by atoms with Crippen LogP contribution in [0.5, 0.6) is 5.75 Å². The third-order valence-corrected chi connectivity index (χ3v) is 4.42. The van der Waals surface area contributed by atoms with Gasteiger partial charge in [-0.3, -0.25) is 4.57 Å². The summed E-state index contributed by atoms with van der Waals surface area (Å²) in [5, 5.41) is 6.12. The van der Waals surface area contributed by atoms with E-state index in [0.717, 1.165) is 21.1 Å². The molecule has 128 valence electrons. The van der Waals surface area contributed by atoms with Crippen LogP contribution in [0.25, 0.3) is 10.4 Å². The fourth-order valence-corrected chi connectivity index (χ4v) is 3.14. The van der Waals surface area contributed by atoms with Crippen LogP contribution < -0.4 is 10.4 Å². The molecule has 2 heterocycles. The zero-order valence-electron chi connectivity index (χ0n) is 13.1. The number of halogens is 1. The molecule has 0 amide bonds. The SMILES string of the molecule is COCCOc1ccc(-c2ccc(Cn3cn[nH]c3=O)s2)cc1.Cl. The number of aromatic amines is 1. The highest BCUT2D eigenvalue weighted by Crippen LogP contribution is 2.29. The van der Waals surface area contributed by atoms with Crippen molar-refractivity contribution in [3.63, 3.8) is 0 Å². The number of rotatable bonds is 7. The van der Waals surface area contributed by atoms with Crippen molar-refractivity contribution in [2.45, 2.75) is 6.54 Å². The molecule has 8 heteroatoms. The van der Waals surface area contributed by atoms with Crippen molar-refractivity contribution < 1.29 is 9.47 Å². The molecule has 0 radical (unpaired) electrons. The van der Waals surface area contributed by atoms with E-state index >= 15 is 0 Å². The van der Waals surface area contributed by atoms with Crippen molar-refractivity contribution in [1.29, 1.82) is 0 Å². The molecule has 0 aliphatic rings. The minimum atomic E-state index is -0.197. The molecule has 0 atom stereocenters. The molecular formula is C16H18ClN3O3S. The van der Waals surface area contributed by atoms with E-state index < -0.39 is 0 Å². The first-order valence-electron chi connectivity index (χ1n) is 7.17. The topological polar surface area (TPSA) is 69.1 Å². The van der Waals surface area contributed by atoms with Crippen molar-refractivity contribution in [3.05, 3.63) is 58.1 Å². The quantitative estimate of drug-likeness (QED) is 0.652. The fourth-order valence-electron chi connectivity index (χ4n) is 2.13. The van der Waals surface area contributed by atoms with Gasteiger partial charge < -0.3 is 9.47 Å². The summed E-state index contributed by atoms with van der Waals surface area (Å²) in [5.74, 6) is 0.826. The molecule has 0 saturated heterocycles. The molecule has 0 aliphatic carbocycles. The summed E-state index contributed by atoms with van der Waals surface area (Å²) < 4.78 is 12.1. The summed E-state index contributed by atoms with van der Waals surface area (Å²) in [5.41, 5.74) is 0.928. The highest BCUT2D eigenvalue weighted by molar-refractivity contribution is 7.15. The van der Waals surface area contributed by atoms with Gasteiger partial charge in [-0.25, -0.2) is 9.89 Å². The second kappa shape index (κ2) is 8.68. The number of H-pyrrole nitrogens is 1. The third-order valence-electron chi connectivity index (χ3n) is 3.30. The Bertz CT molecular complexity index is 810. The lowest BCUT2D eigenvalue weighted by Crippen LogP contribution is -2.16. The summed E-state index contributed by atoms with van der Waals surface area (Å²) >= 11 is 1.66. The Morgan fingerprint density at radius 3 is 2.62 bits per heavy atom. The van der Waals surface area contributed by atoms with Crippen LogP contribution >= 0.6 is 23.7 Å². The summed E-state index contributed by atoms with van der Waals surface area (Å²) in [6.45, 7) is 1.64. The molecule has 0 unspecified atom stereocenters. The lowest BCUT2D eigenvalue weighted by atomic mass is 10.2. The lowest BCUT2D eigenvalue weighted by Gasteiger charge is -2.05. The van der Waals surface area contributed by atoms with Crippen LogP contribution in [-0.4, -0.2) is 35.1 Å². The molecule has 1 aromatic carbocycles. The first-order chi connectivity index (χ1) is 11.3. The summed E-state index contributed by atoms with van der Waals surface area (Å²) in [6.07, 6.45) is 1.51. The predicted octanol–water partition coefficient (Wildman–Crippen LogP) is 2.80. The number of nitrogens with one attached hydrogen (secondary N) is 1. The Hall–Kier alpha value is -2.09. The maximum atomic E-state index is 11.5. The molecule has 1 N–H and O–H groups in total. The maximum absolute atomic E-state index is 11.5. The van der Waals surface area contributed by atoms with Crippen LogP contribution in [0.2, 0.25) is 0 Å². The average molecular weight is 368 g/mol. The van der Waals surface area contributed by atoms with Crippen LogP contribution in [0.1, 0.15) is 4.88 Å². The van der Waals surface area contributed by atoms with Gasteiger partial charge in [0.25, 0.3) is 0 Å². The van der Waals surface area contributed by atoms with Gasteiger partial charge in [0.15, 0.2) is 0 Å². The summed E-state index contributed by atoms with van der Waals surface area (Å²) in [7, 11) is 1.65. The maximum Gasteiger partial charge on any atom is 0.343 e. The third kappa shape index (κ3) is 4.47. The van der Waals surface area contributed by atoms with Crippen LogP contribution in [0.4, 0.5) is 0 Å². The first-order valence-corrected chi connectivity index (χ1v) is 7.98. The van der Waals surface area contributed by atoms with Crippen molar-refractivity contribution in [1.82, 2.24) is 14.8 Å². The van der Waals surface area contributed by atoms with Crippen LogP contribution in [0.15, 0.2) is 47.5 Å². The van der Waals surface area contributed by atoms with E-state index in [0.29, 0.717) is 19.8 Å². The van der Waals surface area contributed by atoms with Gasteiger partial charge in [-0.05, 0) is 42.0 Å². The van der Waals surface area contributed by atoms with Crippen molar-refractivity contribution >= 4 is 23.7 Å². The van der Waals surface area contributed by atoms with Crippen LogP contribution in [-0.2, 0) is 11.3 Å². The Morgan fingerprint density at radius 2 is 1.96 bits per heavy atom. The number of nitrogens with zero attached hydrogens (tertiary/aromatic N) is 2. The first kappa shape index (κ1) is 18.3. The second-order valence-corrected chi connectivity index (χ2v) is 6.09. The Kier molecular flexibility index (Phi) is 6.60. The van der Waals surface area contributed by atoms with E-state index in [2.05, 4.69) is 16.3 Å². The van der Waals surface area contributed by atoms with Gasteiger partial charge in [0.1, 0.15) is 18.7 Å². The molecule has 3 rings (SSSR count). The van der Waals surface area contributed by atoms with E-state index in [1.165, 1.54) is 6.33 Å². The molecule has 0 aliphatic heterocycles. The van der Waals surface area contributed by atoms with Gasteiger partial charge in [-0.1, -0.05) is 0 Å². The molecule has 2 aromatic heterocycles. The molecule has 0 saturated carbocycles. The van der Waals surface area contributed by atoms with Crippen molar-refractivity contribution in [2.24, 2.45) is 0 Å². The molecule has 0 spiro atoms. The van der Waals surface area contributed by atoms with Crippen LogP contribution in [0.3, 0.4) is 0 Å². The van der Waals surface area contributed by atoms with E-state index in [1.807, 2.05) is 30.3 Å². The number of aromatic nitrogens is 3. The number of ether oxygens (including phenoxy) is 2. The van der Waals surface area contributed by atoms with Crippen LogP contribution in [0, 0.1) is 0 Å². The zero-order chi connectivity index (χ0) is 16.1. The molecular weight excluding hydrogens is 350 g/mol. The second-order valence-electron chi connectivity index (χ2n) is 4.92. The van der Waals surface area contributed by atoms with Crippen molar-refractivity contribution in [3.8, 4) is 16.2 Å². The summed E-state index contributed by atoms with van der Waals surface area (Å²) in [4.78, 5) is 13.7. The molecule has 3 aromatic rings. The largest absolute Gasteiger partial charge is 0.491 e. The number of methoxy groups -OCH3 is 1. The Balaban J connectivity index is 0.00000208. The highest BCUT2D eigenvalue weighted by atomic mass is 35.5. The minimum Gasteiger partial charge on any atom is -0.491 e. The molecule has 24 heavy (non-hydrogen) atoms. The summed E-state index contributed by atoms with van der Waals surface area (Å²) in [6, 6.07) is 12.0. The normalized spacial score (nSPS) is 10.4. The molecule has 0 bridgehead atoms. The number of hydrogen-bond acceptors (Lipinski definition) is 5. The van der Waals surface area contributed by atoms with Gasteiger partial charge in [-0.2, -0.15) is 5.10 Å². The standard InChI is InChI=1S/C16H17N3O3S.ClH/c1-21-8-9-22-13-4-2-12(3-5-13)15-7-6-14(23-15)10-19-11-17-18-16(19)20;/h2-7,11H,8-10H2,1H3,(H,18,20);1H. The number of benzene rings is 1. The predicted molar refractivity (Wildman–Crippen MR) is 96.3 cm³/mol. The lowest BCUT2D eigenvalue weighted by molar-refractivity contribution is 0.146. The van der Waals surface area contributed by atoms with Gasteiger partial charge in [0, 0.05) is 16.9 Å². The average Bonchev–Trinajstić information content (AvgIpc) is 3.19. The molecule has 0 fully saturated rings. The highest BCUT2D eigenvalue weighted by Gasteiger charge is 2.06. The van der Waals surface area contributed by atoms with E-state index in [1.54, 1.807) is 23.0 Å². The Morgan fingerprint density at radius 1 is 1.17 bits per heavy atom. The zero-order valence-corrected chi connectivity index (χ0v) is 14.7. The fraction of sp³-hybridized carbons (Fsp3) is 0.250. The van der Waals surface area contributed by atoms with Gasteiger partial charge in [-0.15, -0.1) is 23.7 Å². The monoisotopic (exact) mass is 367 g/mol. The Labute approximate surface area is 149 Å². The molecule has 6 nitrogen and oxygen atoms in total. The number of hydrogen-bond donors (Lipinski definition) is 1.